The Hall–Kier alpha value is -6.30. The molecule has 1 aromatic heterocycles. The second kappa shape index (κ2) is 19.0. The van der Waals surface area contributed by atoms with E-state index in [0.29, 0.717) is 36.3 Å². The number of hydrogen-bond acceptors (Lipinski definition) is 8. The van der Waals surface area contributed by atoms with E-state index < -0.39 is 5.97 Å². The van der Waals surface area contributed by atoms with E-state index in [9.17, 15) is 9.59 Å². The minimum atomic E-state index is -0.404. The maximum atomic E-state index is 14.5. The first-order chi connectivity index (χ1) is 28.7. The first-order valence-electron chi connectivity index (χ1n) is 20.4. The molecule has 5 N–H and O–H groups in total. The Morgan fingerprint density at radius 1 is 0.746 bits per heavy atom. The third-order valence-corrected chi connectivity index (χ3v) is 11.3. The molecule has 0 saturated carbocycles. The molecule has 1 amide bonds. The summed E-state index contributed by atoms with van der Waals surface area (Å²) in [4.78, 5) is 38.6. The minimum Gasteiger partial charge on any atom is -0.465 e. The smallest absolute Gasteiger partial charge is 0.337 e. The normalized spacial score (nSPS) is 13.1. The summed E-state index contributed by atoms with van der Waals surface area (Å²) in [5.74, 6) is 0.518. The second-order valence-electron chi connectivity index (χ2n) is 15.3. The Kier molecular flexibility index (Phi) is 13.1. The van der Waals surface area contributed by atoms with Crippen molar-refractivity contribution in [2.45, 2.75) is 52.4 Å². The van der Waals surface area contributed by atoms with E-state index in [2.05, 4.69) is 45.6 Å². The highest BCUT2D eigenvalue weighted by atomic mass is 16.5. The monoisotopic (exact) mass is 790 g/mol. The van der Waals surface area contributed by atoms with Gasteiger partial charge in [0.05, 0.1) is 23.7 Å². The van der Waals surface area contributed by atoms with Gasteiger partial charge in [0.15, 0.2) is 0 Å². The number of fused-ring (bicyclic) bond motifs is 1. The number of anilines is 1. The largest absolute Gasteiger partial charge is 0.465 e. The summed E-state index contributed by atoms with van der Waals surface area (Å²) in [7, 11) is 1.36. The van der Waals surface area contributed by atoms with Gasteiger partial charge in [0.2, 0.25) is 0 Å². The van der Waals surface area contributed by atoms with Crippen LogP contribution in [0.3, 0.4) is 0 Å². The average molecular weight is 791 g/mol. The van der Waals surface area contributed by atoms with Gasteiger partial charge in [-0.2, -0.15) is 0 Å². The zero-order chi connectivity index (χ0) is 41.3. The number of aryl methyl sites for hydroxylation is 4. The summed E-state index contributed by atoms with van der Waals surface area (Å²) < 4.78 is 7.21. The van der Waals surface area contributed by atoms with E-state index in [-0.39, 0.29) is 11.7 Å². The molecule has 1 aliphatic heterocycles. The molecule has 6 aromatic rings. The van der Waals surface area contributed by atoms with Crippen molar-refractivity contribution in [3.8, 4) is 0 Å². The Morgan fingerprint density at radius 2 is 1.36 bits per heavy atom. The maximum absolute atomic E-state index is 14.5. The van der Waals surface area contributed by atoms with Crippen LogP contribution in [0.1, 0.15) is 66.3 Å². The van der Waals surface area contributed by atoms with Gasteiger partial charge in [-0.05, 0) is 90.5 Å². The molecule has 0 spiro atoms. The Balaban J connectivity index is 1.11. The summed E-state index contributed by atoms with van der Waals surface area (Å²) in [5.41, 5.74) is 21.8. The number of methoxy groups -OCH3 is 1. The number of amides is 1. The number of imidazole rings is 1. The van der Waals surface area contributed by atoms with Crippen LogP contribution in [0.2, 0.25) is 0 Å². The number of piperazine rings is 1. The Bertz CT molecular complexity index is 2380. The van der Waals surface area contributed by atoms with E-state index in [1.807, 2.05) is 83.8 Å². The summed E-state index contributed by atoms with van der Waals surface area (Å²) in [6, 6.07) is 37.5. The molecule has 1 aliphatic rings. The van der Waals surface area contributed by atoms with Gasteiger partial charge in [0.25, 0.3) is 5.91 Å². The van der Waals surface area contributed by atoms with Crippen molar-refractivity contribution in [1.82, 2.24) is 19.4 Å². The van der Waals surface area contributed by atoms with Crippen LogP contribution < -0.4 is 16.4 Å². The van der Waals surface area contributed by atoms with Gasteiger partial charge in [-0.1, -0.05) is 78.9 Å². The zero-order valence-electron chi connectivity index (χ0n) is 34.1. The van der Waals surface area contributed by atoms with Crippen molar-refractivity contribution < 1.29 is 14.3 Å². The number of nitrogen functional groups attached to an aromatic ring is 1. The number of carbonyl (C=O) groups excluding carboxylic acids is 2. The van der Waals surface area contributed by atoms with Gasteiger partial charge < -0.3 is 30.6 Å². The Morgan fingerprint density at radius 3 is 2.00 bits per heavy atom. The molecular weight excluding hydrogens is 737 g/mol. The topological polar surface area (TPSA) is 147 Å². The van der Waals surface area contributed by atoms with Crippen molar-refractivity contribution in [3.63, 3.8) is 0 Å². The molecule has 0 aliphatic carbocycles. The lowest BCUT2D eigenvalue weighted by atomic mass is 10.1. The molecule has 1 saturated heterocycles. The van der Waals surface area contributed by atoms with E-state index >= 15 is 0 Å². The fourth-order valence-electron chi connectivity index (χ4n) is 7.91. The van der Waals surface area contributed by atoms with Crippen LogP contribution in [0.5, 0.6) is 0 Å². The number of carbonyl (C=O) groups is 2. The molecule has 0 atom stereocenters. The molecule has 11 heteroatoms. The van der Waals surface area contributed by atoms with Crippen LogP contribution in [-0.2, 0) is 43.8 Å². The molecule has 5 aromatic carbocycles. The van der Waals surface area contributed by atoms with Gasteiger partial charge in [0, 0.05) is 75.6 Å². The zero-order valence-corrected chi connectivity index (χ0v) is 34.1. The van der Waals surface area contributed by atoms with Crippen LogP contribution in [0, 0.1) is 12.3 Å². The summed E-state index contributed by atoms with van der Waals surface area (Å²) in [6.07, 6.45) is 2.47. The van der Waals surface area contributed by atoms with E-state index in [4.69, 9.17) is 26.6 Å². The number of nitrogens with zero attached hydrogens (tertiary/aromatic N) is 5. The van der Waals surface area contributed by atoms with Crippen LogP contribution in [0.15, 0.2) is 115 Å². The first kappa shape index (κ1) is 40.9. The Labute approximate surface area is 346 Å². The lowest BCUT2D eigenvalue weighted by Crippen LogP contribution is -2.47. The molecule has 11 nitrogen and oxygen atoms in total. The first-order valence-corrected chi connectivity index (χ1v) is 20.4. The number of nitrogens with one attached hydrogen (secondary N) is 1. The number of hydrogen-bond donors (Lipinski definition) is 3. The highest BCUT2D eigenvalue weighted by Gasteiger charge is 2.22. The number of amidine groups is 1. The molecule has 304 valence electrons. The van der Waals surface area contributed by atoms with Crippen molar-refractivity contribution in [1.29, 1.82) is 5.41 Å². The van der Waals surface area contributed by atoms with Crippen molar-refractivity contribution in [3.05, 3.63) is 166 Å². The molecular formula is C48H54N8O3. The van der Waals surface area contributed by atoms with E-state index in [1.54, 1.807) is 12.1 Å². The number of para-hydroxylation sites is 1. The molecule has 0 unspecified atom stereocenters. The highest BCUT2D eigenvalue weighted by molar-refractivity contribution is 5.97. The molecule has 1 fully saturated rings. The fraction of sp³-hybridized carbons (Fsp3) is 0.292. The fourth-order valence-corrected chi connectivity index (χ4v) is 7.91. The summed E-state index contributed by atoms with van der Waals surface area (Å²) >= 11 is 0. The van der Waals surface area contributed by atoms with Gasteiger partial charge in [-0.3, -0.25) is 15.1 Å². The number of nitrogens with two attached hydrogens (primary N) is 2. The van der Waals surface area contributed by atoms with E-state index in [0.717, 1.165) is 97.6 Å². The predicted molar refractivity (Wildman–Crippen MR) is 235 cm³/mol. The molecule has 0 bridgehead atoms. The van der Waals surface area contributed by atoms with Crippen molar-refractivity contribution in [2.24, 2.45) is 11.5 Å². The number of rotatable bonds is 16. The average Bonchev–Trinajstić information content (AvgIpc) is 3.62. The van der Waals surface area contributed by atoms with Crippen molar-refractivity contribution >= 4 is 34.4 Å². The van der Waals surface area contributed by atoms with Crippen molar-refractivity contribution in [2.75, 3.05) is 44.7 Å². The third-order valence-electron chi connectivity index (χ3n) is 11.3. The standard InChI is InChI=1S/C48H54N8O3/c1-34-6-3-4-7-43(34)54-28-26-53(27-29-54)24-5-25-56-44-22-21-41(30-42(44)52-45(56)23-16-35-12-17-39(18-13-35)46(50)51)47(57)55(32-37-10-8-36(31-49)9-11-37)33-38-14-19-40(20-15-38)48(58)59-2/h3-4,6-15,17-22,30H,5,16,23-29,31-33,49H2,1-2H3,(H3,50,51). The lowest BCUT2D eigenvalue weighted by Gasteiger charge is -2.36. The number of aromatic nitrogens is 2. The van der Waals surface area contributed by atoms with Crippen LogP contribution >= 0.6 is 0 Å². The maximum Gasteiger partial charge on any atom is 0.337 e. The molecule has 0 radical (unpaired) electrons. The van der Waals surface area contributed by atoms with Gasteiger partial charge in [-0.15, -0.1) is 0 Å². The summed E-state index contributed by atoms with van der Waals surface area (Å²) in [5, 5.41) is 7.77. The van der Waals surface area contributed by atoms with Crippen LogP contribution in [0.25, 0.3) is 11.0 Å². The molecule has 59 heavy (non-hydrogen) atoms. The summed E-state index contributed by atoms with van der Waals surface area (Å²) in [6.45, 7) is 9.24. The quantitative estimate of drug-likeness (QED) is 0.0557. The van der Waals surface area contributed by atoms with Crippen LogP contribution in [0.4, 0.5) is 5.69 Å². The second-order valence-corrected chi connectivity index (χ2v) is 15.3. The highest BCUT2D eigenvalue weighted by Crippen LogP contribution is 2.24. The lowest BCUT2D eigenvalue weighted by molar-refractivity contribution is 0.0600. The molecule has 2 heterocycles. The van der Waals surface area contributed by atoms with Gasteiger partial charge >= 0.3 is 5.97 Å². The molecule has 7 rings (SSSR count). The number of benzene rings is 5. The predicted octanol–water partition coefficient (Wildman–Crippen LogP) is 6.71. The number of esters is 1. The third kappa shape index (κ3) is 10.1. The SMILES string of the molecule is COC(=O)c1ccc(CN(Cc2ccc(CN)cc2)C(=O)c2ccc3c(c2)nc(CCc2ccc(C(=N)N)cc2)n3CCCN2CCN(c3ccccc3C)CC2)cc1. The van der Waals surface area contributed by atoms with Gasteiger partial charge in [-0.25, -0.2) is 9.78 Å². The van der Waals surface area contributed by atoms with E-state index in [1.165, 1.54) is 18.4 Å². The van der Waals surface area contributed by atoms with Crippen LogP contribution in [-0.4, -0.2) is 76.9 Å². The number of ether oxygens (including phenoxy) is 1. The van der Waals surface area contributed by atoms with Gasteiger partial charge in [0.1, 0.15) is 11.7 Å². The minimum absolute atomic E-state index is 0.0554.